The van der Waals surface area contributed by atoms with Crippen molar-refractivity contribution in [2.24, 2.45) is 0 Å². The van der Waals surface area contributed by atoms with Gasteiger partial charge in [0.05, 0.1) is 21.2 Å². The van der Waals surface area contributed by atoms with E-state index in [0.717, 1.165) is 11.0 Å². The summed E-state index contributed by atoms with van der Waals surface area (Å²) in [6.07, 6.45) is 0. The van der Waals surface area contributed by atoms with Gasteiger partial charge in [-0.3, -0.25) is 19.7 Å². The highest BCUT2D eigenvalue weighted by Gasteiger charge is 2.42. The largest absolute Gasteiger partial charge is 0.339 e. The minimum absolute atomic E-state index is 0.0664. The van der Waals surface area contributed by atoms with Gasteiger partial charge < -0.3 is 4.90 Å². The Morgan fingerprint density at radius 2 is 1.62 bits per heavy atom. The molecule has 0 bridgehead atoms. The highest BCUT2D eigenvalue weighted by molar-refractivity contribution is 6.46. The van der Waals surface area contributed by atoms with Crippen molar-refractivity contribution in [1.82, 2.24) is 0 Å². The average Bonchev–Trinajstić information content (AvgIpc) is 3.05. The van der Waals surface area contributed by atoms with Crippen LogP contribution in [0.1, 0.15) is 5.56 Å². The number of likely N-dealkylation sites (N-methyl/N-ethyl adjacent to an activating group) is 1. The van der Waals surface area contributed by atoms with E-state index in [1.165, 1.54) is 36.4 Å². The van der Waals surface area contributed by atoms with Gasteiger partial charge in [0.1, 0.15) is 11.5 Å². The molecule has 3 aromatic rings. The lowest BCUT2D eigenvalue weighted by Gasteiger charge is -2.21. The molecular weight excluding hydrogens is 437 g/mol. The molecule has 9 heteroatoms. The molecule has 160 valence electrons. The van der Waals surface area contributed by atoms with Crippen LogP contribution in [0.4, 0.5) is 21.5 Å². The fourth-order valence-electron chi connectivity index (χ4n) is 3.48. The van der Waals surface area contributed by atoms with Crippen molar-refractivity contribution in [1.29, 1.82) is 0 Å². The maximum atomic E-state index is 13.7. The molecule has 0 atom stereocenters. The summed E-state index contributed by atoms with van der Waals surface area (Å²) in [6.45, 7) is 0. The molecule has 1 aliphatic heterocycles. The summed E-state index contributed by atoms with van der Waals surface area (Å²) in [5.41, 5.74) is 1.10. The summed E-state index contributed by atoms with van der Waals surface area (Å²) in [5.74, 6) is -1.96. The molecular formula is C23H15ClFN3O4. The third-order valence-electron chi connectivity index (χ3n) is 5.07. The van der Waals surface area contributed by atoms with Crippen LogP contribution in [0, 0.1) is 15.9 Å². The number of carbonyl (C=O) groups is 2. The molecule has 0 aliphatic carbocycles. The molecule has 0 fully saturated rings. The van der Waals surface area contributed by atoms with Gasteiger partial charge >= 0.3 is 0 Å². The number of carbonyl (C=O) groups excluding carboxylic acids is 2. The standard InChI is InChI=1S/C23H15ClFN3O4/c1-26(15-5-3-2-4-6-15)21-20(14-7-9-16(10-8-14)28(31)32)22(29)27(23(21)30)17-11-12-19(25)18(24)13-17/h2-13H,1H3. The maximum absolute atomic E-state index is 13.7. The SMILES string of the molecule is CN(C1=C(c2ccc([N+](=O)[O-])cc2)C(=O)N(c2ccc(F)c(Cl)c2)C1=O)c1ccccc1. The Balaban J connectivity index is 1.87. The Labute approximate surface area is 187 Å². The number of non-ortho nitro benzene ring substituents is 1. The molecule has 32 heavy (non-hydrogen) atoms. The van der Waals surface area contributed by atoms with Crippen LogP contribution in [0.2, 0.25) is 5.02 Å². The van der Waals surface area contributed by atoms with Gasteiger partial charge in [0.25, 0.3) is 17.5 Å². The Morgan fingerprint density at radius 1 is 0.969 bits per heavy atom. The highest BCUT2D eigenvalue weighted by atomic mass is 35.5. The third kappa shape index (κ3) is 3.61. The topological polar surface area (TPSA) is 83.8 Å². The highest BCUT2D eigenvalue weighted by Crippen LogP contribution is 2.37. The van der Waals surface area contributed by atoms with Crippen molar-refractivity contribution in [3.8, 4) is 0 Å². The van der Waals surface area contributed by atoms with Crippen molar-refractivity contribution in [3.63, 3.8) is 0 Å². The van der Waals surface area contributed by atoms with Gasteiger partial charge in [-0.05, 0) is 48.0 Å². The number of amides is 2. The van der Waals surface area contributed by atoms with E-state index in [9.17, 15) is 24.1 Å². The van der Waals surface area contributed by atoms with E-state index in [1.54, 1.807) is 36.2 Å². The Bertz CT molecular complexity index is 1280. The zero-order valence-corrected chi connectivity index (χ0v) is 17.4. The monoisotopic (exact) mass is 451 g/mol. The number of nitrogens with zero attached hydrogens (tertiary/aromatic N) is 3. The van der Waals surface area contributed by atoms with E-state index in [4.69, 9.17) is 11.6 Å². The van der Waals surface area contributed by atoms with E-state index in [2.05, 4.69) is 0 Å². The number of hydrogen-bond acceptors (Lipinski definition) is 5. The van der Waals surface area contributed by atoms with E-state index < -0.39 is 22.6 Å². The lowest BCUT2D eigenvalue weighted by atomic mass is 10.0. The number of rotatable bonds is 5. The summed E-state index contributed by atoms with van der Waals surface area (Å²) in [7, 11) is 1.64. The molecule has 3 aromatic carbocycles. The van der Waals surface area contributed by atoms with Crippen molar-refractivity contribution >= 4 is 46.1 Å². The van der Waals surface area contributed by atoms with Crippen LogP contribution in [-0.4, -0.2) is 23.8 Å². The first kappa shape index (κ1) is 21.2. The second kappa shape index (κ2) is 8.24. The molecule has 0 unspecified atom stereocenters. The van der Waals surface area contributed by atoms with E-state index in [0.29, 0.717) is 11.3 Å². The zero-order chi connectivity index (χ0) is 23.0. The van der Waals surface area contributed by atoms with E-state index >= 15 is 0 Å². The quantitative estimate of drug-likeness (QED) is 0.316. The smallest absolute Gasteiger partial charge is 0.282 e. The number of halogens is 2. The molecule has 0 N–H and O–H groups in total. The fourth-order valence-corrected chi connectivity index (χ4v) is 3.65. The molecule has 1 aliphatic rings. The molecule has 0 spiro atoms. The van der Waals surface area contributed by atoms with Gasteiger partial charge in [-0.2, -0.15) is 0 Å². The summed E-state index contributed by atoms with van der Waals surface area (Å²) in [6, 6.07) is 17.9. The van der Waals surface area contributed by atoms with Crippen molar-refractivity contribution in [2.75, 3.05) is 16.8 Å². The zero-order valence-electron chi connectivity index (χ0n) is 16.7. The second-order valence-electron chi connectivity index (χ2n) is 6.97. The first-order chi connectivity index (χ1) is 15.3. The second-order valence-corrected chi connectivity index (χ2v) is 7.37. The molecule has 0 saturated carbocycles. The molecule has 7 nitrogen and oxygen atoms in total. The van der Waals surface area contributed by atoms with Crippen LogP contribution < -0.4 is 9.80 Å². The average molecular weight is 452 g/mol. The van der Waals surface area contributed by atoms with Gasteiger partial charge in [0.15, 0.2) is 0 Å². The Morgan fingerprint density at radius 3 is 2.22 bits per heavy atom. The summed E-state index contributed by atoms with van der Waals surface area (Å²) < 4.78 is 13.7. The number of imide groups is 1. The number of para-hydroxylation sites is 1. The molecule has 0 saturated heterocycles. The molecule has 2 amide bonds. The predicted octanol–water partition coefficient (Wildman–Crippen LogP) is 4.81. The number of nitro benzene ring substituents is 1. The number of benzene rings is 3. The van der Waals surface area contributed by atoms with Crippen LogP contribution in [0.3, 0.4) is 0 Å². The first-order valence-corrected chi connectivity index (χ1v) is 9.79. The van der Waals surface area contributed by atoms with Gasteiger partial charge in [0.2, 0.25) is 0 Å². The first-order valence-electron chi connectivity index (χ1n) is 9.41. The lowest BCUT2D eigenvalue weighted by Crippen LogP contribution is -2.34. The van der Waals surface area contributed by atoms with Crippen LogP contribution >= 0.6 is 11.6 Å². The van der Waals surface area contributed by atoms with Gasteiger partial charge in [0, 0.05) is 24.9 Å². The third-order valence-corrected chi connectivity index (χ3v) is 5.36. The molecule has 0 radical (unpaired) electrons. The molecule has 0 aromatic heterocycles. The van der Waals surface area contributed by atoms with Crippen LogP contribution in [0.25, 0.3) is 5.57 Å². The lowest BCUT2D eigenvalue weighted by molar-refractivity contribution is -0.384. The predicted molar refractivity (Wildman–Crippen MR) is 119 cm³/mol. The fraction of sp³-hybridized carbons (Fsp3) is 0.0435. The van der Waals surface area contributed by atoms with Crippen molar-refractivity contribution in [2.45, 2.75) is 0 Å². The number of anilines is 2. The summed E-state index contributed by atoms with van der Waals surface area (Å²) in [5, 5.41) is 10.8. The van der Waals surface area contributed by atoms with Crippen LogP contribution in [0.15, 0.2) is 78.5 Å². The number of nitro groups is 1. The maximum Gasteiger partial charge on any atom is 0.282 e. The van der Waals surface area contributed by atoms with Gasteiger partial charge in [-0.15, -0.1) is 0 Å². The van der Waals surface area contributed by atoms with Crippen LogP contribution in [0.5, 0.6) is 0 Å². The van der Waals surface area contributed by atoms with Crippen molar-refractivity contribution in [3.05, 3.63) is 105 Å². The Hall–Kier alpha value is -4.04. The van der Waals surface area contributed by atoms with Gasteiger partial charge in [-0.1, -0.05) is 29.8 Å². The molecule has 4 rings (SSSR count). The minimum atomic E-state index is -0.681. The van der Waals surface area contributed by atoms with Crippen LogP contribution in [-0.2, 0) is 9.59 Å². The normalized spacial score (nSPS) is 13.7. The Kier molecular flexibility index (Phi) is 5.46. The molecule has 1 heterocycles. The summed E-state index contributed by atoms with van der Waals surface area (Å²) in [4.78, 5) is 39.8. The van der Waals surface area contributed by atoms with E-state index in [1.807, 2.05) is 6.07 Å². The van der Waals surface area contributed by atoms with Crippen molar-refractivity contribution < 1.29 is 18.9 Å². The summed E-state index contributed by atoms with van der Waals surface area (Å²) >= 11 is 5.87. The number of hydrogen-bond donors (Lipinski definition) is 0. The van der Waals surface area contributed by atoms with E-state index in [-0.39, 0.29) is 27.7 Å². The minimum Gasteiger partial charge on any atom is -0.339 e. The van der Waals surface area contributed by atoms with Gasteiger partial charge in [-0.25, -0.2) is 9.29 Å².